The Balaban J connectivity index is 1.78. The van der Waals surface area contributed by atoms with Crippen LogP contribution in [0.5, 0.6) is 0 Å². The van der Waals surface area contributed by atoms with Crippen molar-refractivity contribution in [1.82, 2.24) is 4.90 Å². The topological polar surface area (TPSA) is 29.3 Å². The number of nitrogens with two attached hydrogens (primary N) is 1. The van der Waals surface area contributed by atoms with Gasteiger partial charge in [0.1, 0.15) is 0 Å². The van der Waals surface area contributed by atoms with Crippen LogP contribution >= 0.6 is 11.3 Å². The second-order valence-corrected chi connectivity index (χ2v) is 7.22. The highest BCUT2D eigenvalue weighted by Crippen LogP contribution is 2.45. The van der Waals surface area contributed by atoms with E-state index in [0.717, 1.165) is 25.0 Å². The van der Waals surface area contributed by atoms with Crippen LogP contribution in [-0.2, 0) is 6.54 Å². The zero-order valence-corrected chi connectivity index (χ0v) is 12.8. The van der Waals surface area contributed by atoms with Crippen LogP contribution in [0.2, 0.25) is 0 Å². The lowest BCUT2D eigenvalue weighted by atomic mass is 9.92. The largest absolute Gasteiger partial charge is 0.329 e. The normalized spacial score (nSPS) is 31.2. The Bertz CT molecular complexity index is 399. The molecule has 0 saturated heterocycles. The summed E-state index contributed by atoms with van der Waals surface area (Å²) in [5.74, 6) is 0.896. The summed E-state index contributed by atoms with van der Waals surface area (Å²) in [6, 6.07) is 3.08. The molecule has 3 rings (SSSR count). The van der Waals surface area contributed by atoms with Crippen LogP contribution in [0.15, 0.2) is 16.8 Å². The van der Waals surface area contributed by atoms with Crippen molar-refractivity contribution in [1.29, 1.82) is 0 Å². The van der Waals surface area contributed by atoms with Gasteiger partial charge in [-0.25, -0.2) is 0 Å². The first kappa shape index (κ1) is 13.6. The lowest BCUT2D eigenvalue weighted by molar-refractivity contribution is 0.0773. The van der Waals surface area contributed by atoms with Gasteiger partial charge in [0.25, 0.3) is 0 Å². The smallest absolute Gasteiger partial charge is 0.0340 e. The molecule has 0 amide bonds. The molecular formula is C16H26N2S. The van der Waals surface area contributed by atoms with E-state index in [-0.39, 0.29) is 0 Å². The van der Waals surface area contributed by atoms with Crippen molar-refractivity contribution in [3.05, 3.63) is 22.4 Å². The van der Waals surface area contributed by atoms with Crippen LogP contribution < -0.4 is 5.73 Å². The Kier molecular flexibility index (Phi) is 3.97. The second-order valence-electron chi connectivity index (χ2n) is 6.44. The molecule has 0 radical (unpaired) electrons. The van der Waals surface area contributed by atoms with Gasteiger partial charge in [-0.2, -0.15) is 11.3 Å². The van der Waals surface area contributed by atoms with E-state index in [2.05, 4.69) is 28.7 Å². The molecule has 1 aromatic heterocycles. The fraction of sp³-hybridized carbons (Fsp3) is 0.750. The van der Waals surface area contributed by atoms with Crippen molar-refractivity contribution in [2.24, 2.45) is 11.7 Å². The van der Waals surface area contributed by atoms with E-state index in [4.69, 9.17) is 5.73 Å². The third-order valence-electron chi connectivity index (χ3n) is 5.17. The van der Waals surface area contributed by atoms with Gasteiger partial charge in [0.15, 0.2) is 0 Å². The summed E-state index contributed by atoms with van der Waals surface area (Å²) >= 11 is 1.81. The zero-order chi connectivity index (χ0) is 13.3. The lowest BCUT2D eigenvalue weighted by Crippen LogP contribution is -2.52. The van der Waals surface area contributed by atoms with E-state index in [1.807, 2.05) is 11.3 Å². The molecule has 2 saturated carbocycles. The van der Waals surface area contributed by atoms with Gasteiger partial charge in [-0.05, 0) is 60.4 Å². The van der Waals surface area contributed by atoms with E-state index in [0.29, 0.717) is 5.54 Å². The third-order valence-corrected chi connectivity index (χ3v) is 5.91. The molecule has 1 heterocycles. The Morgan fingerprint density at radius 2 is 2.26 bits per heavy atom. The maximum absolute atomic E-state index is 6.24. The predicted octanol–water partition coefficient (Wildman–Crippen LogP) is 3.62. The van der Waals surface area contributed by atoms with Gasteiger partial charge >= 0.3 is 0 Å². The Labute approximate surface area is 121 Å². The molecule has 2 aliphatic rings. The van der Waals surface area contributed by atoms with Crippen LogP contribution in [0, 0.1) is 5.92 Å². The van der Waals surface area contributed by atoms with Gasteiger partial charge in [0.05, 0.1) is 0 Å². The molecule has 0 aromatic carbocycles. The molecule has 0 bridgehead atoms. The maximum Gasteiger partial charge on any atom is 0.0340 e. The molecule has 2 unspecified atom stereocenters. The fourth-order valence-corrected chi connectivity index (χ4v) is 4.44. The quantitative estimate of drug-likeness (QED) is 0.861. The molecule has 2 aliphatic carbocycles. The SMILES string of the molecule is CCC1CCC(CN)(N(Cc2ccsc2)C2CC2)C1. The average molecular weight is 278 g/mol. The second kappa shape index (κ2) is 5.55. The minimum absolute atomic E-state index is 0.295. The van der Waals surface area contributed by atoms with Gasteiger partial charge in [-0.3, -0.25) is 4.90 Å². The number of rotatable bonds is 6. The molecular weight excluding hydrogens is 252 g/mol. The molecule has 0 spiro atoms. The van der Waals surface area contributed by atoms with Crippen LogP contribution in [-0.4, -0.2) is 23.0 Å². The Hall–Kier alpha value is -0.380. The zero-order valence-electron chi connectivity index (χ0n) is 12.0. The molecule has 0 aliphatic heterocycles. The first-order chi connectivity index (χ1) is 9.27. The highest BCUT2D eigenvalue weighted by atomic mass is 32.1. The molecule has 3 heteroatoms. The average Bonchev–Trinajstić information content (AvgIpc) is 2.99. The summed E-state index contributed by atoms with van der Waals surface area (Å²) in [7, 11) is 0. The van der Waals surface area contributed by atoms with Gasteiger partial charge in [0.2, 0.25) is 0 Å². The highest BCUT2D eigenvalue weighted by molar-refractivity contribution is 7.07. The van der Waals surface area contributed by atoms with Crippen molar-refractivity contribution in [2.75, 3.05) is 6.54 Å². The molecule has 19 heavy (non-hydrogen) atoms. The van der Waals surface area contributed by atoms with Crippen LogP contribution in [0.1, 0.15) is 51.0 Å². The molecule has 2 N–H and O–H groups in total. The van der Waals surface area contributed by atoms with Crippen LogP contribution in [0.4, 0.5) is 0 Å². The van der Waals surface area contributed by atoms with E-state index in [1.165, 1.54) is 44.1 Å². The standard InChI is InChI=1S/C16H26N2S/c1-2-13-5-7-16(9-13,12-17)18(15-3-4-15)10-14-6-8-19-11-14/h6,8,11,13,15H,2-5,7,9-10,12,17H2,1H3. The third kappa shape index (κ3) is 2.74. The number of nitrogens with zero attached hydrogens (tertiary/aromatic N) is 1. The fourth-order valence-electron chi connectivity index (χ4n) is 3.78. The number of thiophene rings is 1. The summed E-state index contributed by atoms with van der Waals surface area (Å²) in [4.78, 5) is 2.77. The van der Waals surface area contributed by atoms with E-state index < -0.39 is 0 Å². The molecule has 2 fully saturated rings. The first-order valence-corrected chi connectivity index (χ1v) is 8.69. The molecule has 106 valence electrons. The molecule has 2 nitrogen and oxygen atoms in total. The number of hydrogen-bond donors (Lipinski definition) is 1. The summed E-state index contributed by atoms with van der Waals surface area (Å²) in [5, 5.41) is 4.49. The maximum atomic E-state index is 6.24. The summed E-state index contributed by atoms with van der Waals surface area (Å²) in [6.07, 6.45) is 8.08. The molecule has 2 atom stereocenters. The predicted molar refractivity (Wildman–Crippen MR) is 82.3 cm³/mol. The van der Waals surface area contributed by atoms with Crippen molar-refractivity contribution in [2.45, 2.75) is 63.6 Å². The summed E-state index contributed by atoms with van der Waals surface area (Å²) in [5.41, 5.74) is 8.01. The summed E-state index contributed by atoms with van der Waals surface area (Å²) in [6.45, 7) is 4.28. The molecule has 1 aromatic rings. The van der Waals surface area contributed by atoms with Gasteiger partial charge < -0.3 is 5.73 Å². The minimum Gasteiger partial charge on any atom is -0.329 e. The monoisotopic (exact) mass is 278 g/mol. The van der Waals surface area contributed by atoms with Crippen molar-refractivity contribution >= 4 is 11.3 Å². The van der Waals surface area contributed by atoms with Crippen molar-refractivity contribution in [3.8, 4) is 0 Å². The lowest BCUT2D eigenvalue weighted by Gasteiger charge is -2.41. The first-order valence-electron chi connectivity index (χ1n) is 7.75. The summed E-state index contributed by atoms with van der Waals surface area (Å²) < 4.78 is 0. The minimum atomic E-state index is 0.295. The Morgan fingerprint density at radius 3 is 2.79 bits per heavy atom. The van der Waals surface area contributed by atoms with E-state index >= 15 is 0 Å². The van der Waals surface area contributed by atoms with Crippen molar-refractivity contribution < 1.29 is 0 Å². The van der Waals surface area contributed by atoms with E-state index in [9.17, 15) is 0 Å². The van der Waals surface area contributed by atoms with E-state index in [1.54, 1.807) is 0 Å². The van der Waals surface area contributed by atoms with Crippen LogP contribution in [0.3, 0.4) is 0 Å². The van der Waals surface area contributed by atoms with Gasteiger partial charge in [-0.1, -0.05) is 13.3 Å². The Morgan fingerprint density at radius 1 is 1.42 bits per heavy atom. The van der Waals surface area contributed by atoms with Crippen LogP contribution in [0.25, 0.3) is 0 Å². The van der Waals surface area contributed by atoms with Gasteiger partial charge in [0, 0.05) is 24.7 Å². The highest BCUT2D eigenvalue weighted by Gasteiger charge is 2.47. The van der Waals surface area contributed by atoms with Crippen molar-refractivity contribution in [3.63, 3.8) is 0 Å². The number of hydrogen-bond acceptors (Lipinski definition) is 3. The van der Waals surface area contributed by atoms with Gasteiger partial charge in [-0.15, -0.1) is 0 Å².